The topological polar surface area (TPSA) is 135 Å². The van der Waals surface area contributed by atoms with Gasteiger partial charge in [-0.2, -0.15) is 9.61 Å². The second-order valence-electron chi connectivity index (χ2n) is 9.19. The molecule has 0 radical (unpaired) electrons. The molecule has 11 heteroatoms. The SMILES string of the molecule is CNc1cc(Nc2cccn([C@@H]3CCCOC3)c2=O)nc2c(C(=O)NC3CCC[C@@H](O)C3)cnn12. The van der Waals surface area contributed by atoms with E-state index in [9.17, 15) is 14.7 Å². The number of ether oxygens (including phenoxy) is 1. The molecule has 1 saturated heterocycles. The van der Waals surface area contributed by atoms with E-state index >= 15 is 0 Å². The molecule has 186 valence electrons. The fraction of sp³-hybridized carbons (Fsp3) is 0.500. The zero-order valence-electron chi connectivity index (χ0n) is 19.7. The number of aliphatic hydroxyl groups is 1. The lowest BCUT2D eigenvalue weighted by atomic mass is 9.93. The molecule has 3 aromatic heterocycles. The third kappa shape index (κ3) is 4.87. The molecule has 1 aliphatic carbocycles. The Hall–Kier alpha value is -3.44. The van der Waals surface area contributed by atoms with Gasteiger partial charge in [0.1, 0.15) is 22.9 Å². The lowest BCUT2D eigenvalue weighted by Gasteiger charge is -2.26. The lowest BCUT2D eigenvalue weighted by molar-refractivity contribution is 0.0580. The van der Waals surface area contributed by atoms with Gasteiger partial charge in [-0.1, -0.05) is 0 Å². The fourth-order valence-corrected chi connectivity index (χ4v) is 4.90. The van der Waals surface area contributed by atoms with Crippen LogP contribution in [0.1, 0.15) is 54.9 Å². The van der Waals surface area contributed by atoms with Crippen LogP contribution in [0.5, 0.6) is 0 Å². The lowest BCUT2D eigenvalue weighted by Crippen LogP contribution is -2.39. The molecule has 35 heavy (non-hydrogen) atoms. The first-order valence-corrected chi connectivity index (χ1v) is 12.1. The van der Waals surface area contributed by atoms with E-state index in [1.807, 2.05) is 6.07 Å². The Morgan fingerprint density at radius 1 is 1.26 bits per heavy atom. The molecule has 3 aromatic rings. The Morgan fingerprint density at radius 2 is 2.14 bits per heavy atom. The Labute approximate surface area is 202 Å². The molecular formula is C24H31N7O4. The summed E-state index contributed by atoms with van der Waals surface area (Å²) in [5, 5.41) is 23.5. The summed E-state index contributed by atoms with van der Waals surface area (Å²) in [6.45, 7) is 1.24. The highest BCUT2D eigenvalue weighted by Gasteiger charge is 2.25. The number of nitrogens with zero attached hydrogens (tertiary/aromatic N) is 4. The maximum Gasteiger partial charge on any atom is 0.274 e. The smallest absolute Gasteiger partial charge is 0.274 e. The van der Waals surface area contributed by atoms with Crippen LogP contribution in [0, 0.1) is 0 Å². The predicted molar refractivity (Wildman–Crippen MR) is 131 cm³/mol. The highest BCUT2D eigenvalue weighted by atomic mass is 16.5. The summed E-state index contributed by atoms with van der Waals surface area (Å²) in [6.07, 6.45) is 7.70. The standard InChI is InChI=1S/C24H31N7O4/c1-25-21-12-20(28-19-8-3-9-30(24(19)34)16-6-4-10-35-14-16)29-22-18(13-26-31(21)22)23(33)27-15-5-2-7-17(32)11-15/h3,8-9,12-13,15-17,25,32H,2,4-7,10-11,14H2,1H3,(H,27,33)(H,28,29)/t15?,16-,17-/m1/s1. The maximum atomic E-state index is 13.2. The van der Waals surface area contributed by atoms with Crippen molar-refractivity contribution in [1.29, 1.82) is 0 Å². The van der Waals surface area contributed by atoms with Gasteiger partial charge in [0.2, 0.25) is 0 Å². The normalized spacial score (nSPS) is 22.6. The molecule has 1 unspecified atom stereocenters. The number of aliphatic hydroxyl groups excluding tert-OH is 1. The van der Waals surface area contributed by atoms with E-state index in [0.717, 1.165) is 38.7 Å². The van der Waals surface area contributed by atoms with Gasteiger partial charge in [0.05, 0.1) is 24.9 Å². The number of rotatable bonds is 6. The summed E-state index contributed by atoms with van der Waals surface area (Å²) in [7, 11) is 1.75. The summed E-state index contributed by atoms with van der Waals surface area (Å²) in [6, 6.07) is 5.19. The number of aromatic nitrogens is 4. The third-order valence-electron chi connectivity index (χ3n) is 6.72. The molecule has 4 heterocycles. The monoisotopic (exact) mass is 481 g/mol. The van der Waals surface area contributed by atoms with E-state index < -0.39 is 6.10 Å². The fourth-order valence-electron chi connectivity index (χ4n) is 4.90. The van der Waals surface area contributed by atoms with Crippen LogP contribution in [0.3, 0.4) is 0 Å². The summed E-state index contributed by atoms with van der Waals surface area (Å²) >= 11 is 0. The Morgan fingerprint density at radius 3 is 2.91 bits per heavy atom. The number of pyridine rings is 1. The van der Waals surface area contributed by atoms with Crippen LogP contribution in [0.15, 0.2) is 35.4 Å². The number of carbonyl (C=O) groups excluding carboxylic acids is 1. The molecule has 1 aliphatic heterocycles. The zero-order valence-corrected chi connectivity index (χ0v) is 19.7. The van der Waals surface area contributed by atoms with Crippen LogP contribution in [-0.4, -0.2) is 62.6 Å². The van der Waals surface area contributed by atoms with Gasteiger partial charge < -0.3 is 30.4 Å². The molecule has 5 rings (SSSR count). The minimum atomic E-state index is -0.391. The van der Waals surface area contributed by atoms with Gasteiger partial charge in [0.25, 0.3) is 11.5 Å². The van der Waals surface area contributed by atoms with Crippen LogP contribution in [0.25, 0.3) is 5.65 Å². The molecule has 3 atom stereocenters. The average molecular weight is 482 g/mol. The molecule has 0 bridgehead atoms. The molecule has 2 aliphatic rings. The van der Waals surface area contributed by atoms with Crippen LogP contribution >= 0.6 is 0 Å². The molecule has 2 fully saturated rings. The van der Waals surface area contributed by atoms with Crippen molar-refractivity contribution in [2.45, 2.75) is 56.7 Å². The van der Waals surface area contributed by atoms with E-state index in [4.69, 9.17) is 4.74 Å². The second kappa shape index (κ2) is 10.0. The van der Waals surface area contributed by atoms with E-state index in [2.05, 4.69) is 26.0 Å². The van der Waals surface area contributed by atoms with Gasteiger partial charge in [-0.25, -0.2) is 4.98 Å². The summed E-state index contributed by atoms with van der Waals surface area (Å²) < 4.78 is 8.81. The van der Waals surface area contributed by atoms with Crippen molar-refractivity contribution in [2.24, 2.45) is 0 Å². The van der Waals surface area contributed by atoms with Gasteiger partial charge in [-0.3, -0.25) is 9.59 Å². The molecule has 11 nitrogen and oxygen atoms in total. The van der Waals surface area contributed by atoms with Crippen molar-refractivity contribution in [2.75, 3.05) is 30.9 Å². The molecule has 4 N–H and O–H groups in total. The Kier molecular flexibility index (Phi) is 6.69. The highest BCUT2D eigenvalue weighted by Crippen LogP contribution is 2.23. The third-order valence-corrected chi connectivity index (χ3v) is 6.72. The van der Waals surface area contributed by atoms with Crippen LogP contribution < -0.4 is 21.5 Å². The van der Waals surface area contributed by atoms with Crippen molar-refractivity contribution < 1.29 is 14.6 Å². The van der Waals surface area contributed by atoms with Crippen molar-refractivity contribution in [3.05, 3.63) is 46.5 Å². The minimum absolute atomic E-state index is 0.00439. The number of anilines is 3. The van der Waals surface area contributed by atoms with Gasteiger partial charge in [0, 0.05) is 32.0 Å². The largest absolute Gasteiger partial charge is 0.393 e. The van der Waals surface area contributed by atoms with Crippen molar-refractivity contribution in [1.82, 2.24) is 24.5 Å². The average Bonchev–Trinajstić information content (AvgIpc) is 3.29. The number of fused-ring (bicyclic) bond motifs is 1. The molecule has 1 saturated carbocycles. The van der Waals surface area contributed by atoms with Gasteiger partial charge in [-0.15, -0.1) is 0 Å². The van der Waals surface area contributed by atoms with E-state index in [0.29, 0.717) is 41.6 Å². The van der Waals surface area contributed by atoms with E-state index in [1.54, 1.807) is 34.5 Å². The van der Waals surface area contributed by atoms with Gasteiger partial charge in [0.15, 0.2) is 5.65 Å². The quantitative estimate of drug-likeness (QED) is 0.420. The van der Waals surface area contributed by atoms with E-state index in [1.165, 1.54) is 6.20 Å². The van der Waals surface area contributed by atoms with Crippen molar-refractivity contribution in [3.63, 3.8) is 0 Å². The molecule has 0 spiro atoms. The first kappa shape index (κ1) is 23.3. The minimum Gasteiger partial charge on any atom is -0.393 e. The predicted octanol–water partition coefficient (Wildman–Crippen LogP) is 2.06. The zero-order chi connectivity index (χ0) is 24.4. The first-order valence-electron chi connectivity index (χ1n) is 12.1. The van der Waals surface area contributed by atoms with Crippen LogP contribution in [0.2, 0.25) is 0 Å². The molecule has 0 aromatic carbocycles. The highest BCUT2D eigenvalue weighted by molar-refractivity contribution is 6.00. The Balaban J connectivity index is 1.43. The first-order chi connectivity index (χ1) is 17.0. The second-order valence-corrected chi connectivity index (χ2v) is 9.19. The summed E-state index contributed by atoms with van der Waals surface area (Å²) in [5.74, 6) is 0.742. The van der Waals surface area contributed by atoms with Crippen LogP contribution in [-0.2, 0) is 4.74 Å². The van der Waals surface area contributed by atoms with Crippen LogP contribution in [0.4, 0.5) is 17.3 Å². The Bertz CT molecular complexity index is 1260. The summed E-state index contributed by atoms with van der Waals surface area (Å²) in [4.78, 5) is 30.8. The molecule has 1 amide bonds. The van der Waals surface area contributed by atoms with Gasteiger partial charge >= 0.3 is 0 Å². The number of hydrogen-bond donors (Lipinski definition) is 4. The van der Waals surface area contributed by atoms with Gasteiger partial charge in [-0.05, 0) is 50.7 Å². The maximum absolute atomic E-state index is 13.2. The van der Waals surface area contributed by atoms with E-state index in [-0.39, 0.29) is 23.6 Å². The number of nitrogens with one attached hydrogen (secondary N) is 3. The number of amides is 1. The summed E-state index contributed by atoms with van der Waals surface area (Å²) in [5.41, 5.74) is 0.928. The van der Waals surface area contributed by atoms with Crippen molar-refractivity contribution >= 4 is 28.9 Å². The van der Waals surface area contributed by atoms with Crippen molar-refractivity contribution in [3.8, 4) is 0 Å². The number of hydrogen-bond acceptors (Lipinski definition) is 8. The molecular weight excluding hydrogens is 450 g/mol. The number of carbonyl (C=O) groups is 1.